The molecule has 0 radical (unpaired) electrons. The number of benzene rings is 1. The van der Waals surface area contributed by atoms with Crippen LogP contribution in [-0.2, 0) is 16.1 Å². The van der Waals surface area contributed by atoms with E-state index in [4.69, 9.17) is 5.11 Å². The topological polar surface area (TPSA) is 78.4 Å². The molecule has 0 aromatic heterocycles. The first kappa shape index (κ1) is 18.2. The fourth-order valence-electron chi connectivity index (χ4n) is 2.28. The summed E-state index contributed by atoms with van der Waals surface area (Å²) in [7, 11) is 0. The first-order chi connectivity index (χ1) is 10.6. The van der Waals surface area contributed by atoms with Gasteiger partial charge in [-0.2, -0.15) is 0 Å². The lowest BCUT2D eigenvalue weighted by atomic mass is 9.92. The van der Waals surface area contributed by atoms with Crippen LogP contribution in [0, 0.1) is 11.8 Å². The van der Waals surface area contributed by atoms with Crippen molar-refractivity contribution in [3.63, 3.8) is 0 Å². The van der Waals surface area contributed by atoms with Crippen LogP contribution >= 0.6 is 0 Å². The molecule has 5 heteroatoms. The van der Waals surface area contributed by atoms with Crippen LogP contribution in [0.5, 0.6) is 0 Å². The van der Waals surface area contributed by atoms with Crippen LogP contribution in [-0.4, -0.2) is 30.1 Å². The first-order valence-corrected chi connectivity index (χ1v) is 7.78. The first-order valence-electron chi connectivity index (χ1n) is 7.78. The van der Waals surface area contributed by atoms with Crippen molar-refractivity contribution in [2.24, 2.45) is 11.8 Å². The van der Waals surface area contributed by atoms with Gasteiger partial charge in [0, 0.05) is 24.9 Å². The number of carbonyl (C=O) groups excluding carboxylic acids is 2. The Labute approximate surface area is 132 Å². The molecule has 0 aliphatic heterocycles. The van der Waals surface area contributed by atoms with Crippen molar-refractivity contribution in [1.29, 1.82) is 0 Å². The summed E-state index contributed by atoms with van der Waals surface area (Å²) in [6, 6.07) is 9.72. The van der Waals surface area contributed by atoms with E-state index in [1.165, 1.54) is 0 Å². The fraction of sp³-hybridized carbons (Fsp3) is 0.529. The fourth-order valence-corrected chi connectivity index (χ4v) is 2.28. The molecular formula is C17H26N2O3. The third kappa shape index (κ3) is 6.26. The predicted molar refractivity (Wildman–Crippen MR) is 85.9 cm³/mol. The van der Waals surface area contributed by atoms with Crippen LogP contribution in [0.3, 0.4) is 0 Å². The molecular weight excluding hydrogens is 280 g/mol. The Morgan fingerprint density at radius 1 is 1.14 bits per heavy atom. The minimum atomic E-state index is -0.228. The molecule has 1 rings (SSSR count). The number of carbonyl (C=O) groups is 2. The van der Waals surface area contributed by atoms with E-state index in [9.17, 15) is 9.59 Å². The maximum Gasteiger partial charge on any atom is 0.223 e. The normalized spacial score (nSPS) is 13.2. The SMILES string of the molecule is CCC(CC(C)C(=O)NCc1ccccc1)C(=O)NCCO. The Bertz CT molecular complexity index is 462. The van der Waals surface area contributed by atoms with E-state index in [0.29, 0.717) is 19.4 Å². The van der Waals surface area contributed by atoms with Crippen LogP contribution < -0.4 is 10.6 Å². The zero-order chi connectivity index (χ0) is 16.4. The van der Waals surface area contributed by atoms with Crippen molar-refractivity contribution in [3.8, 4) is 0 Å². The summed E-state index contributed by atoms with van der Waals surface area (Å²) in [4.78, 5) is 24.0. The highest BCUT2D eigenvalue weighted by molar-refractivity contribution is 5.81. The van der Waals surface area contributed by atoms with Gasteiger partial charge in [-0.05, 0) is 18.4 Å². The molecule has 0 aliphatic carbocycles. The second-order valence-corrected chi connectivity index (χ2v) is 5.46. The zero-order valence-corrected chi connectivity index (χ0v) is 13.3. The van der Waals surface area contributed by atoms with E-state index in [0.717, 1.165) is 5.56 Å². The molecule has 0 fully saturated rings. The Balaban J connectivity index is 2.42. The Hall–Kier alpha value is -1.88. The van der Waals surface area contributed by atoms with E-state index < -0.39 is 0 Å². The molecule has 2 amide bonds. The smallest absolute Gasteiger partial charge is 0.223 e. The molecule has 0 spiro atoms. The Morgan fingerprint density at radius 2 is 1.82 bits per heavy atom. The molecule has 1 aromatic rings. The van der Waals surface area contributed by atoms with E-state index in [1.54, 1.807) is 0 Å². The quantitative estimate of drug-likeness (QED) is 0.646. The minimum Gasteiger partial charge on any atom is -0.395 e. The van der Waals surface area contributed by atoms with Gasteiger partial charge in [-0.25, -0.2) is 0 Å². The van der Waals surface area contributed by atoms with Gasteiger partial charge in [0.25, 0.3) is 0 Å². The molecule has 0 bridgehead atoms. The van der Waals surface area contributed by atoms with Gasteiger partial charge < -0.3 is 15.7 Å². The van der Waals surface area contributed by atoms with Crippen molar-refractivity contribution < 1.29 is 14.7 Å². The molecule has 0 aliphatic rings. The summed E-state index contributed by atoms with van der Waals surface area (Å²) < 4.78 is 0. The second-order valence-electron chi connectivity index (χ2n) is 5.46. The molecule has 1 aromatic carbocycles. The van der Waals surface area contributed by atoms with Gasteiger partial charge in [0.1, 0.15) is 0 Å². The highest BCUT2D eigenvalue weighted by Gasteiger charge is 2.22. The van der Waals surface area contributed by atoms with Crippen LogP contribution in [0.25, 0.3) is 0 Å². The minimum absolute atomic E-state index is 0.0442. The van der Waals surface area contributed by atoms with Crippen LogP contribution in [0.1, 0.15) is 32.3 Å². The standard InChI is InChI=1S/C17H26N2O3/c1-3-15(17(22)18-9-10-20)11-13(2)16(21)19-12-14-7-5-4-6-8-14/h4-8,13,15,20H,3,9-12H2,1-2H3,(H,18,22)(H,19,21). The van der Waals surface area contributed by atoms with E-state index in [2.05, 4.69) is 10.6 Å². The van der Waals surface area contributed by atoms with E-state index in [1.807, 2.05) is 44.2 Å². The number of rotatable bonds is 9. The molecule has 22 heavy (non-hydrogen) atoms. The van der Waals surface area contributed by atoms with Crippen molar-refractivity contribution in [2.45, 2.75) is 33.2 Å². The van der Waals surface area contributed by atoms with Crippen LogP contribution in [0.15, 0.2) is 30.3 Å². The second kappa shape index (κ2) is 9.95. The highest BCUT2D eigenvalue weighted by Crippen LogP contribution is 2.16. The molecule has 0 saturated carbocycles. The monoisotopic (exact) mass is 306 g/mol. The molecule has 0 saturated heterocycles. The van der Waals surface area contributed by atoms with Gasteiger partial charge in [0.15, 0.2) is 0 Å². The van der Waals surface area contributed by atoms with Crippen LogP contribution in [0.4, 0.5) is 0 Å². The maximum absolute atomic E-state index is 12.1. The van der Waals surface area contributed by atoms with Gasteiger partial charge in [-0.3, -0.25) is 9.59 Å². The van der Waals surface area contributed by atoms with Crippen molar-refractivity contribution in [2.75, 3.05) is 13.2 Å². The molecule has 122 valence electrons. The number of aliphatic hydroxyl groups is 1. The molecule has 3 N–H and O–H groups in total. The summed E-state index contributed by atoms with van der Waals surface area (Å²) in [5, 5.41) is 14.3. The number of hydrogen-bond acceptors (Lipinski definition) is 3. The average Bonchev–Trinajstić information content (AvgIpc) is 2.55. The summed E-state index contributed by atoms with van der Waals surface area (Å²) in [6.45, 7) is 4.44. The van der Waals surface area contributed by atoms with Crippen molar-refractivity contribution in [1.82, 2.24) is 10.6 Å². The average molecular weight is 306 g/mol. The Morgan fingerprint density at radius 3 is 2.41 bits per heavy atom. The lowest BCUT2D eigenvalue weighted by Crippen LogP contribution is -2.36. The molecule has 2 atom stereocenters. The lowest BCUT2D eigenvalue weighted by molar-refractivity contribution is -0.128. The van der Waals surface area contributed by atoms with Gasteiger partial charge >= 0.3 is 0 Å². The van der Waals surface area contributed by atoms with Gasteiger partial charge in [-0.1, -0.05) is 44.2 Å². The summed E-state index contributed by atoms with van der Waals surface area (Å²) in [5.41, 5.74) is 1.05. The summed E-state index contributed by atoms with van der Waals surface area (Å²) in [6.07, 6.45) is 1.18. The van der Waals surface area contributed by atoms with Gasteiger partial charge in [-0.15, -0.1) is 0 Å². The highest BCUT2D eigenvalue weighted by atomic mass is 16.3. The van der Waals surface area contributed by atoms with E-state index >= 15 is 0 Å². The third-order valence-corrected chi connectivity index (χ3v) is 3.67. The summed E-state index contributed by atoms with van der Waals surface area (Å²) in [5.74, 6) is -0.575. The zero-order valence-electron chi connectivity index (χ0n) is 13.3. The third-order valence-electron chi connectivity index (χ3n) is 3.67. The van der Waals surface area contributed by atoms with Crippen molar-refractivity contribution >= 4 is 11.8 Å². The lowest BCUT2D eigenvalue weighted by Gasteiger charge is -2.19. The Kier molecular flexibility index (Phi) is 8.22. The van der Waals surface area contributed by atoms with E-state index in [-0.39, 0.29) is 36.8 Å². The summed E-state index contributed by atoms with van der Waals surface area (Å²) >= 11 is 0. The molecule has 5 nitrogen and oxygen atoms in total. The van der Waals surface area contributed by atoms with Crippen LogP contribution in [0.2, 0.25) is 0 Å². The largest absolute Gasteiger partial charge is 0.395 e. The maximum atomic E-state index is 12.1. The number of hydrogen-bond donors (Lipinski definition) is 3. The molecule has 0 heterocycles. The molecule has 2 unspecified atom stereocenters. The number of amides is 2. The predicted octanol–water partition coefficient (Wildman–Crippen LogP) is 1.46. The van der Waals surface area contributed by atoms with Gasteiger partial charge in [0.2, 0.25) is 11.8 Å². The van der Waals surface area contributed by atoms with Gasteiger partial charge in [0.05, 0.1) is 6.61 Å². The van der Waals surface area contributed by atoms with Crippen molar-refractivity contribution in [3.05, 3.63) is 35.9 Å². The number of nitrogens with one attached hydrogen (secondary N) is 2. The number of aliphatic hydroxyl groups excluding tert-OH is 1.